The molecule has 0 bridgehead atoms. The standard InChI is InChI=1S/C3H5NO2/c5-3-6-4-1-2-4/h3H,1-2H2. The zero-order valence-corrected chi connectivity index (χ0v) is 3.26. The van der Waals surface area contributed by atoms with Crippen molar-refractivity contribution in [1.82, 2.24) is 5.06 Å². The summed E-state index contributed by atoms with van der Waals surface area (Å²) in [5.74, 6) is 0. The summed E-state index contributed by atoms with van der Waals surface area (Å²) in [5.41, 5.74) is 0. The summed E-state index contributed by atoms with van der Waals surface area (Å²) in [7, 11) is 0. The molecule has 0 aromatic carbocycles. The van der Waals surface area contributed by atoms with E-state index in [0.29, 0.717) is 6.47 Å². The molecule has 1 aliphatic rings. The van der Waals surface area contributed by atoms with Gasteiger partial charge in [-0.15, -0.1) is 5.06 Å². The molecule has 3 nitrogen and oxygen atoms in total. The van der Waals surface area contributed by atoms with Crippen LogP contribution in [0.4, 0.5) is 0 Å². The molecule has 3 heteroatoms. The molecule has 0 saturated carbocycles. The van der Waals surface area contributed by atoms with E-state index in [4.69, 9.17) is 0 Å². The maximum atomic E-state index is 9.39. The lowest BCUT2D eigenvalue weighted by molar-refractivity contribution is -0.148. The Hall–Kier alpha value is -0.570. The first-order chi connectivity index (χ1) is 2.93. The molecule has 0 spiro atoms. The van der Waals surface area contributed by atoms with E-state index in [9.17, 15) is 4.79 Å². The zero-order chi connectivity index (χ0) is 4.41. The molecule has 1 aliphatic heterocycles. The molecule has 34 valence electrons. The fourth-order valence-electron chi connectivity index (χ4n) is 0.207. The fourth-order valence-corrected chi connectivity index (χ4v) is 0.207. The third kappa shape index (κ3) is 0.687. The van der Waals surface area contributed by atoms with Crippen molar-refractivity contribution in [2.24, 2.45) is 0 Å². The Labute approximate surface area is 35.5 Å². The minimum absolute atomic E-state index is 0.438. The third-order valence-corrected chi connectivity index (χ3v) is 0.598. The van der Waals surface area contributed by atoms with E-state index >= 15 is 0 Å². The Morgan fingerprint density at radius 2 is 2.33 bits per heavy atom. The van der Waals surface area contributed by atoms with Gasteiger partial charge in [-0.3, -0.25) is 4.79 Å². The summed E-state index contributed by atoms with van der Waals surface area (Å²) >= 11 is 0. The van der Waals surface area contributed by atoms with Crippen LogP contribution < -0.4 is 0 Å². The van der Waals surface area contributed by atoms with Gasteiger partial charge in [0.15, 0.2) is 0 Å². The van der Waals surface area contributed by atoms with Crippen molar-refractivity contribution in [3.8, 4) is 0 Å². The lowest BCUT2D eigenvalue weighted by atomic mass is 11.0. The Kier molecular flexibility index (Phi) is 0.759. The van der Waals surface area contributed by atoms with Gasteiger partial charge in [0.25, 0.3) is 0 Å². The summed E-state index contributed by atoms with van der Waals surface area (Å²) in [6.45, 7) is 2.24. The van der Waals surface area contributed by atoms with Crippen LogP contribution in [0.2, 0.25) is 0 Å². The Balaban J connectivity index is 2.00. The highest BCUT2D eigenvalue weighted by molar-refractivity contribution is 5.36. The van der Waals surface area contributed by atoms with Crippen molar-refractivity contribution in [3.05, 3.63) is 0 Å². The minimum atomic E-state index is 0.438. The van der Waals surface area contributed by atoms with Crippen LogP contribution in [0.3, 0.4) is 0 Å². The molecule has 0 aromatic rings. The average Bonchev–Trinajstić information content (AvgIpc) is 2.21. The predicted octanol–water partition coefficient (Wildman–Crippen LogP) is -0.610. The number of carbonyl (C=O) groups excluding carboxylic acids is 1. The smallest absolute Gasteiger partial charge is 0.312 e. The number of hydrogen-bond acceptors (Lipinski definition) is 3. The molecule has 0 radical (unpaired) electrons. The van der Waals surface area contributed by atoms with Crippen LogP contribution in [-0.4, -0.2) is 24.6 Å². The highest BCUT2D eigenvalue weighted by Crippen LogP contribution is 1.99. The van der Waals surface area contributed by atoms with Gasteiger partial charge >= 0.3 is 6.47 Å². The van der Waals surface area contributed by atoms with Gasteiger partial charge in [0.05, 0.1) is 13.1 Å². The first-order valence-corrected chi connectivity index (χ1v) is 1.79. The number of hydrogen-bond donors (Lipinski definition) is 0. The Morgan fingerprint density at radius 1 is 1.67 bits per heavy atom. The topological polar surface area (TPSA) is 29.3 Å². The van der Waals surface area contributed by atoms with Crippen molar-refractivity contribution in [1.29, 1.82) is 0 Å². The van der Waals surface area contributed by atoms with Crippen molar-refractivity contribution in [2.75, 3.05) is 13.1 Å². The third-order valence-electron chi connectivity index (χ3n) is 0.598. The van der Waals surface area contributed by atoms with Gasteiger partial charge in [-0.25, -0.2) is 0 Å². The number of carbonyl (C=O) groups is 1. The molecule has 0 aliphatic carbocycles. The van der Waals surface area contributed by atoms with E-state index in [1.54, 1.807) is 5.06 Å². The average molecular weight is 87.1 g/mol. The number of hydroxylamine groups is 2. The van der Waals surface area contributed by atoms with Crippen LogP contribution >= 0.6 is 0 Å². The first kappa shape index (κ1) is 3.61. The van der Waals surface area contributed by atoms with E-state index < -0.39 is 0 Å². The van der Waals surface area contributed by atoms with E-state index in [2.05, 4.69) is 4.84 Å². The molecule has 0 unspecified atom stereocenters. The summed E-state index contributed by atoms with van der Waals surface area (Å²) in [5, 5.41) is 1.56. The molecule has 1 saturated heterocycles. The largest absolute Gasteiger partial charge is 0.371 e. The van der Waals surface area contributed by atoms with Crippen molar-refractivity contribution in [2.45, 2.75) is 0 Å². The SMILES string of the molecule is O=CON1CC1. The van der Waals surface area contributed by atoms with E-state index in [0.717, 1.165) is 13.1 Å². The second-order valence-corrected chi connectivity index (χ2v) is 1.13. The van der Waals surface area contributed by atoms with Crippen LogP contribution in [0.25, 0.3) is 0 Å². The van der Waals surface area contributed by atoms with E-state index in [1.807, 2.05) is 0 Å². The quantitative estimate of drug-likeness (QED) is 0.332. The lowest BCUT2D eigenvalue weighted by Gasteiger charge is -1.86. The van der Waals surface area contributed by atoms with Gasteiger partial charge < -0.3 is 4.84 Å². The second-order valence-electron chi connectivity index (χ2n) is 1.13. The normalized spacial score (nSPS) is 20.0. The van der Waals surface area contributed by atoms with Gasteiger partial charge in [-0.2, -0.15) is 0 Å². The van der Waals surface area contributed by atoms with Crippen LogP contribution in [0.5, 0.6) is 0 Å². The van der Waals surface area contributed by atoms with Crippen LogP contribution in [0.1, 0.15) is 0 Å². The monoisotopic (exact) mass is 87.0 g/mol. The zero-order valence-electron chi connectivity index (χ0n) is 3.26. The van der Waals surface area contributed by atoms with Gasteiger partial charge in [-0.1, -0.05) is 0 Å². The van der Waals surface area contributed by atoms with Gasteiger partial charge in [0, 0.05) is 0 Å². The fraction of sp³-hybridized carbons (Fsp3) is 0.667. The second kappa shape index (κ2) is 1.26. The highest BCUT2D eigenvalue weighted by Gasteiger charge is 2.17. The van der Waals surface area contributed by atoms with Crippen LogP contribution in [0, 0.1) is 0 Å². The van der Waals surface area contributed by atoms with Crippen LogP contribution in [0.15, 0.2) is 0 Å². The molecule has 1 rings (SSSR count). The molecular formula is C3H5NO2. The maximum Gasteiger partial charge on any atom is 0.312 e. The highest BCUT2D eigenvalue weighted by atomic mass is 16.7. The van der Waals surface area contributed by atoms with Gasteiger partial charge in [-0.05, 0) is 0 Å². The molecular weight excluding hydrogens is 82.0 g/mol. The maximum absolute atomic E-state index is 9.39. The Bertz CT molecular complexity index is 59.8. The summed E-state index contributed by atoms with van der Waals surface area (Å²) in [6.07, 6.45) is 0. The van der Waals surface area contributed by atoms with E-state index in [-0.39, 0.29) is 0 Å². The predicted molar refractivity (Wildman–Crippen MR) is 18.7 cm³/mol. The molecule has 1 fully saturated rings. The van der Waals surface area contributed by atoms with Crippen molar-refractivity contribution >= 4 is 6.47 Å². The van der Waals surface area contributed by atoms with Crippen LogP contribution in [-0.2, 0) is 9.63 Å². The Morgan fingerprint density at radius 3 is 2.50 bits per heavy atom. The lowest BCUT2D eigenvalue weighted by Crippen LogP contribution is -1.93. The summed E-state index contributed by atoms with van der Waals surface area (Å²) < 4.78 is 0. The number of nitrogens with zero attached hydrogens (tertiary/aromatic N) is 1. The van der Waals surface area contributed by atoms with Crippen molar-refractivity contribution in [3.63, 3.8) is 0 Å². The molecule has 0 amide bonds. The number of rotatable bonds is 2. The van der Waals surface area contributed by atoms with E-state index in [1.165, 1.54) is 0 Å². The molecule has 6 heavy (non-hydrogen) atoms. The van der Waals surface area contributed by atoms with Gasteiger partial charge in [0.2, 0.25) is 0 Å². The van der Waals surface area contributed by atoms with Gasteiger partial charge in [0.1, 0.15) is 0 Å². The van der Waals surface area contributed by atoms with Crippen molar-refractivity contribution < 1.29 is 9.63 Å². The first-order valence-electron chi connectivity index (χ1n) is 1.79. The molecule has 0 atom stereocenters. The molecule has 0 N–H and O–H groups in total. The molecule has 1 heterocycles. The molecule has 0 aromatic heterocycles. The summed E-state index contributed by atoms with van der Waals surface area (Å²) in [6, 6.07) is 0. The minimum Gasteiger partial charge on any atom is -0.371 e. The summed E-state index contributed by atoms with van der Waals surface area (Å²) in [4.78, 5) is 13.7.